The molecular formula is C16H19FN4. The largest absolute Gasteiger partial charge is 0.384 e. The second kappa shape index (κ2) is 6.10. The van der Waals surface area contributed by atoms with Crippen LogP contribution in [0.2, 0.25) is 0 Å². The number of para-hydroxylation sites is 1. The van der Waals surface area contributed by atoms with Gasteiger partial charge >= 0.3 is 0 Å². The fourth-order valence-corrected chi connectivity index (χ4v) is 2.67. The van der Waals surface area contributed by atoms with Crippen molar-refractivity contribution in [2.75, 3.05) is 36.8 Å². The Hall–Kier alpha value is -2.14. The van der Waals surface area contributed by atoms with Crippen molar-refractivity contribution in [1.29, 1.82) is 0 Å². The Labute approximate surface area is 124 Å². The van der Waals surface area contributed by atoms with E-state index >= 15 is 0 Å². The molecule has 2 heterocycles. The van der Waals surface area contributed by atoms with Crippen LogP contribution in [0.4, 0.5) is 15.9 Å². The van der Waals surface area contributed by atoms with Crippen molar-refractivity contribution in [1.82, 2.24) is 9.88 Å². The van der Waals surface area contributed by atoms with Gasteiger partial charge in [0.1, 0.15) is 11.6 Å². The average molecular weight is 286 g/mol. The summed E-state index contributed by atoms with van der Waals surface area (Å²) in [6.07, 6.45) is 0. The van der Waals surface area contributed by atoms with E-state index in [9.17, 15) is 4.39 Å². The van der Waals surface area contributed by atoms with E-state index in [-0.39, 0.29) is 5.82 Å². The third-order valence-electron chi connectivity index (χ3n) is 3.78. The molecule has 3 rings (SSSR count). The molecule has 1 aromatic carbocycles. The first-order valence-electron chi connectivity index (χ1n) is 7.15. The maximum Gasteiger partial charge on any atom is 0.146 e. The molecule has 0 unspecified atom stereocenters. The van der Waals surface area contributed by atoms with E-state index in [1.165, 1.54) is 6.07 Å². The molecule has 1 saturated heterocycles. The molecule has 0 amide bonds. The van der Waals surface area contributed by atoms with Gasteiger partial charge in [-0.25, -0.2) is 9.37 Å². The fraction of sp³-hybridized carbons (Fsp3) is 0.312. The van der Waals surface area contributed by atoms with Crippen LogP contribution in [-0.4, -0.2) is 36.1 Å². The number of nitrogen functional groups attached to an aromatic ring is 1. The summed E-state index contributed by atoms with van der Waals surface area (Å²) < 4.78 is 13.8. The summed E-state index contributed by atoms with van der Waals surface area (Å²) in [7, 11) is 0. The van der Waals surface area contributed by atoms with E-state index < -0.39 is 0 Å². The van der Waals surface area contributed by atoms with Gasteiger partial charge in [0.25, 0.3) is 0 Å². The van der Waals surface area contributed by atoms with Gasteiger partial charge in [-0.2, -0.15) is 0 Å². The molecule has 0 atom stereocenters. The summed E-state index contributed by atoms with van der Waals surface area (Å²) in [5.41, 5.74) is 7.37. The Morgan fingerprint density at radius 1 is 1.00 bits per heavy atom. The summed E-state index contributed by atoms with van der Waals surface area (Å²) in [5.74, 6) is 0.404. The minimum Gasteiger partial charge on any atom is -0.384 e. The van der Waals surface area contributed by atoms with Gasteiger partial charge in [-0.1, -0.05) is 18.2 Å². The maximum atomic E-state index is 13.8. The van der Waals surface area contributed by atoms with Crippen LogP contribution in [0.15, 0.2) is 42.5 Å². The Morgan fingerprint density at radius 2 is 1.76 bits per heavy atom. The highest BCUT2D eigenvalue weighted by Gasteiger charge is 2.19. The number of hydrogen-bond acceptors (Lipinski definition) is 4. The van der Waals surface area contributed by atoms with Gasteiger partial charge in [-0.15, -0.1) is 0 Å². The van der Waals surface area contributed by atoms with Crippen molar-refractivity contribution in [3.63, 3.8) is 0 Å². The van der Waals surface area contributed by atoms with Crippen molar-refractivity contribution >= 4 is 11.5 Å². The number of hydrogen-bond donors (Lipinski definition) is 1. The molecule has 0 radical (unpaired) electrons. The first-order chi connectivity index (χ1) is 10.2. The number of nitrogens with two attached hydrogens (primary N) is 1. The normalized spacial score (nSPS) is 16.1. The fourth-order valence-electron chi connectivity index (χ4n) is 2.67. The number of aromatic nitrogens is 1. The minimum atomic E-state index is -0.150. The molecule has 1 aliphatic heterocycles. The highest BCUT2D eigenvalue weighted by Crippen LogP contribution is 2.20. The van der Waals surface area contributed by atoms with E-state index in [4.69, 9.17) is 5.73 Å². The molecule has 0 saturated carbocycles. The van der Waals surface area contributed by atoms with Gasteiger partial charge in [0.05, 0.1) is 11.4 Å². The molecule has 21 heavy (non-hydrogen) atoms. The minimum absolute atomic E-state index is 0.150. The quantitative estimate of drug-likeness (QED) is 0.939. The van der Waals surface area contributed by atoms with Gasteiger partial charge in [-0.05, 0) is 24.3 Å². The highest BCUT2D eigenvalue weighted by atomic mass is 19.1. The second-order valence-electron chi connectivity index (χ2n) is 5.27. The average Bonchev–Trinajstić information content (AvgIpc) is 2.49. The second-order valence-corrected chi connectivity index (χ2v) is 5.27. The number of pyridine rings is 1. The van der Waals surface area contributed by atoms with Gasteiger partial charge in [0, 0.05) is 32.7 Å². The van der Waals surface area contributed by atoms with Gasteiger partial charge in [0.15, 0.2) is 0 Å². The lowest BCUT2D eigenvalue weighted by molar-refractivity contribution is 0.246. The van der Waals surface area contributed by atoms with E-state index in [1.807, 2.05) is 24.3 Å². The van der Waals surface area contributed by atoms with Crippen LogP contribution in [0.1, 0.15) is 5.69 Å². The van der Waals surface area contributed by atoms with E-state index in [0.717, 1.165) is 38.4 Å². The molecule has 4 nitrogen and oxygen atoms in total. The molecule has 1 aliphatic rings. The van der Waals surface area contributed by atoms with Crippen molar-refractivity contribution in [2.45, 2.75) is 6.54 Å². The Morgan fingerprint density at radius 3 is 2.48 bits per heavy atom. The predicted molar refractivity (Wildman–Crippen MR) is 82.5 cm³/mol. The Balaban J connectivity index is 1.59. The van der Waals surface area contributed by atoms with Crippen LogP contribution in [0.3, 0.4) is 0 Å². The van der Waals surface area contributed by atoms with E-state index in [2.05, 4.69) is 14.8 Å². The summed E-state index contributed by atoms with van der Waals surface area (Å²) in [5, 5.41) is 0. The number of anilines is 2. The first-order valence-corrected chi connectivity index (χ1v) is 7.15. The summed E-state index contributed by atoms with van der Waals surface area (Å²) in [6, 6.07) is 12.7. The monoisotopic (exact) mass is 286 g/mol. The third kappa shape index (κ3) is 3.31. The zero-order valence-electron chi connectivity index (χ0n) is 11.9. The zero-order chi connectivity index (χ0) is 14.7. The van der Waals surface area contributed by atoms with Crippen molar-refractivity contribution in [2.24, 2.45) is 0 Å². The Bertz CT molecular complexity index is 609. The predicted octanol–water partition coefficient (Wildman–Crippen LogP) is 2.13. The smallest absolute Gasteiger partial charge is 0.146 e. The lowest BCUT2D eigenvalue weighted by Crippen LogP contribution is -2.46. The van der Waals surface area contributed by atoms with Crippen molar-refractivity contribution in [3.05, 3.63) is 54.0 Å². The first kappa shape index (κ1) is 13.8. The number of halogens is 1. The topological polar surface area (TPSA) is 45.4 Å². The van der Waals surface area contributed by atoms with Gasteiger partial charge < -0.3 is 10.6 Å². The number of nitrogens with zero attached hydrogens (tertiary/aromatic N) is 3. The van der Waals surface area contributed by atoms with Crippen LogP contribution in [0.25, 0.3) is 0 Å². The van der Waals surface area contributed by atoms with Crippen molar-refractivity contribution < 1.29 is 4.39 Å². The third-order valence-corrected chi connectivity index (χ3v) is 3.78. The lowest BCUT2D eigenvalue weighted by Gasteiger charge is -2.36. The van der Waals surface area contributed by atoms with Crippen LogP contribution in [0.5, 0.6) is 0 Å². The van der Waals surface area contributed by atoms with Gasteiger partial charge in [0.2, 0.25) is 0 Å². The SMILES string of the molecule is Nc1cccc(CN2CCN(c3ccccc3F)CC2)n1. The molecule has 0 bridgehead atoms. The molecular weight excluding hydrogens is 267 g/mol. The van der Waals surface area contributed by atoms with Gasteiger partial charge in [-0.3, -0.25) is 4.90 Å². The molecule has 110 valence electrons. The molecule has 1 fully saturated rings. The molecule has 0 spiro atoms. The van der Waals surface area contributed by atoms with Crippen LogP contribution < -0.4 is 10.6 Å². The molecule has 0 aliphatic carbocycles. The van der Waals surface area contributed by atoms with Crippen LogP contribution in [0, 0.1) is 5.82 Å². The lowest BCUT2D eigenvalue weighted by atomic mass is 10.2. The van der Waals surface area contributed by atoms with Crippen LogP contribution >= 0.6 is 0 Å². The summed E-state index contributed by atoms with van der Waals surface area (Å²) in [4.78, 5) is 8.74. The summed E-state index contributed by atoms with van der Waals surface area (Å²) in [6.45, 7) is 4.22. The Kier molecular flexibility index (Phi) is 4.01. The number of rotatable bonds is 3. The summed E-state index contributed by atoms with van der Waals surface area (Å²) >= 11 is 0. The number of benzene rings is 1. The molecule has 2 aromatic rings. The van der Waals surface area contributed by atoms with E-state index in [0.29, 0.717) is 11.5 Å². The van der Waals surface area contributed by atoms with E-state index in [1.54, 1.807) is 12.1 Å². The standard InChI is InChI=1S/C16H19FN4/c17-14-5-1-2-6-15(14)21-10-8-20(9-11-21)12-13-4-3-7-16(18)19-13/h1-7H,8-12H2,(H2,18,19). The maximum absolute atomic E-state index is 13.8. The molecule has 1 aromatic heterocycles. The number of piperazine rings is 1. The van der Waals surface area contributed by atoms with Crippen LogP contribution in [-0.2, 0) is 6.54 Å². The zero-order valence-corrected chi connectivity index (χ0v) is 11.9. The molecule has 5 heteroatoms. The van der Waals surface area contributed by atoms with Crippen molar-refractivity contribution in [3.8, 4) is 0 Å². The molecule has 2 N–H and O–H groups in total. The highest BCUT2D eigenvalue weighted by molar-refractivity contribution is 5.48.